The molecule has 1 N–H and O–H groups in total. The van der Waals surface area contributed by atoms with Crippen molar-refractivity contribution in [1.29, 1.82) is 0 Å². The summed E-state index contributed by atoms with van der Waals surface area (Å²) in [6.07, 6.45) is 1.43. The third-order valence-corrected chi connectivity index (χ3v) is 2.21. The molecule has 0 saturated carbocycles. The Kier molecular flexibility index (Phi) is 4.63. The van der Waals surface area contributed by atoms with E-state index in [0.717, 1.165) is 13.0 Å². The van der Waals surface area contributed by atoms with Gasteiger partial charge in [0.15, 0.2) is 5.78 Å². The molecule has 0 spiro atoms. The molecule has 0 aliphatic heterocycles. The number of hydrogen-bond donors (Lipinski definition) is 1. The molecule has 0 atom stereocenters. The second kappa shape index (κ2) is 5.78. The second-order valence-corrected chi connectivity index (χ2v) is 3.58. The summed E-state index contributed by atoms with van der Waals surface area (Å²) in [6, 6.07) is 7.08. The zero-order valence-corrected chi connectivity index (χ0v) is 8.97. The molecule has 0 heterocycles. The predicted octanol–water partition coefficient (Wildman–Crippen LogP) is 2.52. The normalized spacial score (nSPS) is 10.1. The summed E-state index contributed by atoms with van der Waals surface area (Å²) in [7, 11) is 1.88. The highest BCUT2D eigenvalue weighted by atomic mass is 35.5. The van der Waals surface area contributed by atoms with Gasteiger partial charge in [-0.05, 0) is 32.1 Å². The Morgan fingerprint density at radius 2 is 2.29 bits per heavy atom. The van der Waals surface area contributed by atoms with Crippen LogP contribution >= 0.6 is 11.6 Å². The molecule has 76 valence electrons. The number of carbonyl (C=O) groups is 1. The van der Waals surface area contributed by atoms with E-state index in [1.807, 2.05) is 7.05 Å². The standard InChI is InChI=1S/C11H14ClNO/c1-13-7-3-6-11(14)9-4-2-5-10(12)8-9/h2,4-5,8,13H,3,6-7H2,1H3. The first kappa shape index (κ1) is 11.2. The third-order valence-electron chi connectivity index (χ3n) is 1.98. The Hall–Kier alpha value is -0.860. The molecule has 0 unspecified atom stereocenters. The van der Waals surface area contributed by atoms with E-state index >= 15 is 0 Å². The minimum atomic E-state index is 0.155. The van der Waals surface area contributed by atoms with Crippen molar-refractivity contribution in [3.8, 4) is 0 Å². The molecule has 1 aromatic rings. The average Bonchev–Trinajstić information content (AvgIpc) is 2.18. The molecular weight excluding hydrogens is 198 g/mol. The average molecular weight is 212 g/mol. The lowest BCUT2D eigenvalue weighted by atomic mass is 10.1. The van der Waals surface area contributed by atoms with E-state index in [1.54, 1.807) is 24.3 Å². The fourth-order valence-electron chi connectivity index (χ4n) is 1.23. The summed E-state index contributed by atoms with van der Waals surface area (Å²) in [6.45, 7) is 0.867. The Bertz CT molecular complexity index is 312. The lowest BCUT2D eigenvalue weighted by Gasteiger charge is -2.01. The van der Waals surface area contributed by atoms with E-state index < -0.39 is 0 Å². The van der Waals surface area contributed by atoms with E-state index in [4.69, 9.17) is 11.6 Å². The second-order valence-electron chi connectivity index (χ2n) is 3.14. The lowest BCUT2D eigenvalue weighted by Crippen LogP contribution is -2.10. The quantitative estimate of drug-likeness (QED) is 0.599. The maximum Gasteiger partial charge on any atom is 0.162 e. The minimum absolute atomic E-state index is 0.155. The predicted molar refractivity (Wildman–Crippen MR) is 58.9 cm³/mol. The molecule has 0 amide bonds. The zero-order chi connectivity index (χ0) is 10.4. The first-order valence-corrected chi connectivity index (χ1v) is 5.05. The van der Waals surface area contributed by atoms with Crippen molar-refractivity contribution in [3.05, 3.63) is 34.9 Å². The van der Waals surface area contributed by atoms with Crippen LogP contribution in [0.5, 0.6) is 0 Å². The van der Waals surface area contributed by atoms with E-state index in [-0.39, 0.29) is 5.78 Å². The van der Waals surface area contributed by atoms with Crippen LogP contribution in [0.15, 0.2) is 24.3 Å². The summed E-state index contributed by atoms with van der Waals surface area (Å²) in [5.41, 5.74) is 0.702. The summed E-state index contributed by atoms with van der Waals surface area (Å²) in [4.78, 5) is 11.6. The molecule has 0 aliphatic carbocycles. The van der Waals surface area contributed by atoms with Crippen molar-refractivity contribution >= 4 is 17.4 Å². The van der Waals surface area contributed by atoms with Crippen molar-refractivity contribution in [2.75, 3.05) is 13.6 Å². The monoisotopic (exact) mass is 211 g/mol. The summed E-state index contributed by atoms with van der Waals surface area (Å²) in [5, 5.41) is 3.62. The van der Waals surface area contributed by atoms with Crippen LogP contribution in [0.3, 0.4) is 0 Å². The Labute approximate surface area is 89.3 Å². The molecule has 0 aromatic heterocycles. The fourth-order valence-corrected chi connectivity index (χ4v) is 1.42. The number of halogens is 1. The van der Waals surface area contributed by atoms with Gasteiger partial charge < -0.3 is 5.32 Å². The maximum absolute atomic E-state index is 11.6. The van der Waals surface area contributed by atoms with Crippen molar-refractivity contribution in [2.45, 2.75) is 12.8 Å². The highest BCUT2D eigenvalue weighted by Gasteiger charge is 2.04. The number of nitrogens with one attached hydrogen (secondary N) is 1. The van der Waals surface area contributed by atoms with E-state index in [9.17, 15) is 4.79 Å². The molecular formula is C11H14ClNO. The van der Waals surface area contributed by atoms with Crippen LogP contribution in [0.2, 0.25) is 5.02 Å². The van der Waals surface area contributed by atoms with Gasteiger partial charge in [-0.15, -0.1) is 0 Å². The van der Waals surface area contributed by atoms with Gasteiger partial charge in [0.25, 0.3) is 0 Å². The maximum atomic E-state index is 11.6. The minimum Gasteiger partial charge on any atom is -0.320 e. The SMILES string of the molecule is CNCCCC(=O)c1cccc(Cl)c1. The summed E-state index contributed by atoms with van der Waals surface area (Å²) >= 11 is 5.79. The molecule has 0 fully saturated rings. The molecule has 0 bridgehead atoms. The van der Waals surface area contributed by atoms with Crippen molar-refractivity contribution in [1.82, 2.24) is 5.32 Å². The van der Waals surface area contributed by atoms with E-state index in [0.29, 0.717) is 17.0 Å². The van der Waals surface area contributed by atoms with Gasteiger partial charge in [-0.1, -0.05) is 23.7 Å². The molecule has 0 radical (unpaired) electrons. The Morgan fingerprint density at radius 1 is 1.50 bits per heavy atom. The third kappa shape index (κ3) is 3.48. The molecule has 1 rings (SSSR count). The molecule has 14 heavy (non-hydrogen) atoms. The molecule has 0 saturated heterocycles. The van der Waals surface area contributed by atoms with Crippen LogP contribution in [0.1, 0.15) is 23.2 Å². The van der Waals surface area contributed by atoms with Crippen molar-refractivity contribution in [3.63, 3.8) is 0 Å². The molecule has 2 nitrogen and oxygen atoms in total. The van der Waals surface area contributed by atoms with Crippen LogP contribution < -0.4 is 5.32 Å². The summed E-state index contributed by atoms with van der Waals surface area (Å²) < 4.78 is 0. The van der Waals surface area contributed by atoms with Crippen LogP contribution in [-0.4, -0.2) is 19.4 Å². The zero-order valence-electron chi connectivity index (χ0n) is 8.22. The van der Waals surface area contributed by atoms with Crippen LogP contribution in [0.25, 0.3) is 0 Å². The van der Waals surface area contributed by atoms with E-state index in [1.165, 1.54) is 0 Å². The molecule has 0 aliphatic rings. The fraction of sp³-hybridized carbons (Fsp3) is 0.364. The van der Waals surface area contributed by atoms with Gasteiger partial charge >= 0.3 is 0 Å². The van der Waals surface area contributed by atoms with E-state index in [2.05, 4.69) is 5.32 Å². The summed E-state index contributed by atoms with van der Waals surface area (Å²) in [5.74, 6) is 0.155. The first-order valence-electron chi connectivity index (χ1n) is 4.67. The number of benzene rings is 1. The largest absolute Gasteiger partial charge is 0.320 e. The van der Waals surface area contributed by atoms with Crippen LogP contribution in [0, 0.1) is 0 Å². The van der Waals surface area contributed by atoms with Gasteiger partial charge in [0.05, 0.1) is 0 Å². The van der Waals surface area contributed by atoms with Gasteiger partial charge in [0, 0.05) is 17.0 Å². The number of Topliss-reactive ketones (excluding diaryl/α,β-unsaturated/α-hetero) is 1. The number of rotatable bonds is 5. The topological polar surface area (TPSA) is 29.1 Å². The number of carbonyl (C=O) groups excluding carboxylic acids is 1. The van der Waals surface area contributed by atoms with Gasteiger partial charge in [0.2, 0.25) is 0 Å². The van der Waals surface area contributed by atoms with Gasteiger partial charge in [-0.3, -0.25) is 4.79 Å². The number of hydrogen-bond acceptors (Lipinski definition) is 2. The van der Waals surface area contributed by atoms with Crippen molar-refractivity contribution in [2.24, 2.45) is 0 Å². The van der Waals surface area contributed by atoms with Gasteiger partial charge in [-0.2, -0.15) is 0 Å². The van der Waals surface area contributed by atoms with Crippen LogP contribution in [-0.2, 0) is 0 Å². The highest BCUT2D eigenvalue weighted by molar-refractivity contribution is 6.31. The Morgan fingerprint density at radius 3 is 2.93 bits per heavy atom. The Balaban J connectivity index is 2.52. The molecule has 3 heteroatoms. The lowest BCUT2D eigenvalue weighted by molar-refractivity contribution is 0.0980. The number of ketones is 1. The van der Waals surface area contributed by atoms with Crippen LogP contribution in [0.4, 0.5) is 0 Å². The van der Waals surface area contributed by atoms with Gasteiger partial charge in [0.1, 0.15) is 0 Å². The molecule has 1 aromatic carbocycles. The smallest absolute Gasteiger partial charge is 0.162 e. The van der Waals surface area contributed by atoms with Crippen molar-refractivity contribution < 1.29 is 4.79 Å². The highest BCUT2D eigenvalue weighted by Crippen LogP contribution is 2.12. The van der Waals surface area contributed by atoms with Gasteiger partial charge in [-0.25, -0.2) is 0 Å². The first-order chi connectivity index (χ1) is 6.74.